The van der Waals surface area contributed by atoms with Crippen molar-refractivity contribution in [2.75, 3.05) is 13.1 Å². The lowest BCUT2D eigenvalue weighted by atomic mass is 10.1. The molecule has 0 saturated carbocycles. The Labute approximate surface area is 105 Å². The van der Waals surface area contributed by atoms with Crippen LogP contribution in [-0.2, 0) is 6.54 Å². The van der Waals surface area contributed by atoms with Gasteiger partial charge in [0.05, 0.1) is 16.8 Å². The number of fused-ring (bicyclic) bond motifs is 1. The molecule has 1 aromatic carbocycles. The molecule has 2 heterocycles. The summed E-state index contributed by atoms with van der Waals surface area (Å²) in [5.41, 5.74) is 7.04. The molecule has 1 aliphatic rings. The van der Waals surface area contributed by atoms with E-state index >= 15 is 0 Å². The van der Waals surface area contributed by atoms with Gasteiger partial charge < -0.3 is 5.73 Å². The zero-order chi connectivity index (χ0) is 11.7. The van der Waals surface area contributed by atoms with E-state index < -0.39 is 0 Å². The van der Waals surface area contributed by atoms with Crippen LogP contribution < -0.4 is 5.73 Å². The fourth-order valence-corrected chi connectivity index (χ4v) is 3.30. The smallest absolute Gasteiger partial charge is 0.108 e. The summed E-state index contributed by atoms with van der Waals surface area (Å²) in [7, 11) is 0. The lowest BCUT2D eigenvalue weighted by Crippen LogP contribution is -2.39. The molecule has 1 fully saturated rings. The van der Waals surface area contributed by atoms with Crippen molar-refractivity contribution in [3.8, 4) is 0 Å². The molecule has 17 heavy (non-hydrogen) atoms. The first-order valence-electron chi connectivity index (χ1n) is 6.13. The summed E-state index contributed by atoms with van der Waals surface area (Å²) in [6.07, 6.45) is 2.23. The fourth-order valence-electron chi connectivity index (χ4n) is 2.29. The topological polar surface area (TPSA) is 42.1 Å². The summed E-state index contributed by atoms with van der Waals surface area (Å²) in [5.74, 6) is 0. The summed E-state index contributed by atoms with van der Waals surface area (Å²) in [6, 6.07) is 8.75. The Hall–Kier alpha value is -0.970. The Morgan fingerprint density at radius 2 is 2.06 bits per heavy atom. The average molecular weight is 247 g/mol. The van der Waals surface area contributed by atoms with Gasteiger partial charge in [0, 0.05) is 19.1 Å². The van der Waals surface area contributed by atoms with E-state index in [1.54, 1.807) is 0 Å². The molecule has 0 spiro atoms. The van der Waals surface area contributed by atoms with Crippen LogP contribution in [0.4, 0.5) is 0 Å². The Morgan fingerprint density at radius 3 is 2.82 bits per heavy atom. The molecular weight excluding hydrogens is 230 g/mol. The van der Waals surface area contributed by atoms with Crippen molar-refractivity contribution in [2.45, 2.75) is 25.4 Å². The number of hydrogen-bond donors (Lipinski definition) is 1. The van der Waals surface area contributed by atoms with Gasteiger partial charge in [0.2, 0.25) is 0 Å². The van der Waals surface area contributed by atoms with Gasteiger partial charge in [0.25, 0.3) is 0 Å². The highest BCUT2D eigenvalue weighted by Gasteiger charge is 2.17. The second-order valence-corrected chi connectivity index (χ2v) is 5.80. The number of likely N-dealkylation sites (tertiary alicyclic amines) is 1. The van der Waals surface area contributed by atoms with E-state index in [9.17, 15) is 0 Å². The second kappa shape index (κ2) is 4.72. The molecule has 0 aliphatic carbocycles. The molecule has 0 amide bonds. The van der Waals surface area contributed by atoms with E-state index in [0.717, 1.165) is 38.0 Å². The van der Waals surface area contributed by atoms with Gasteiger partial charge in [-0.2, -0.15) is 0 Å². The van der Waals surface area contributed by atoms with Crippen molar-refractivity contribution in [3.05, 3.63) is 29.3 Å². The van der Waals surface area contributed by atoms with Crippen LogP contribution >= 0.6 is 11.3 Å². The molecule has 3 nitrogen and oxygen atoms in total. The fraction of sp³-hybridized carbons (Fsp3) is 0.462. The standard InChI is InChI=1S/C13H17N3S/c14-10-5-7-16(8-6-10)9-13-15-11-3-1-2-4-12(11)17-13/h1-4,10H,5-9,14H2. The van der Waals surface area contributed by atoms with Crippen molar-refractivity contribution in [1.82, 2.24) is 9.88 Å². The summed E-state index contributed by atoms with van der Waals surface area (Å²) in [6.45, 7) is 3.19. The average Bonchev–Trinajstić information content (AvgIpc) is 2.74. The van der Waals surface area contributed by atoms with E-state index in [-0.39, 0.29) is 0 Å². The molecule has 0 radical (unpaired) electrons. The zero-order valence-corrected chi connectivity index (χ0v) is 10.6. The van der Waals surface area contributed by atoms with Crippen LogP contribution in [0.5, 0.6) is 0 Å². The number of para-hydroxylation sites is 1. The van der Waals surface area contributed by atoms with Gasteiger partial charge in [-0.3, -0.25) is 4.90 Å². The third kappa shape index (κ3) is 2.49. The molecule has 1 aromatic heterocycles. The SMILES string of the molecule is NC1CCN(Cc2nc3ccccc3s2)CC1. The number of hydrogen-bond acceptors (Lipinski definition) is 4. The first-order valence-corrected chi connectivity index (χ1v) is 6.95. The largest absolute Gasteiger partial charge is 0.328 e. The molecule has 0 atom stereocenters. The summed E-state index contributed by atoms with van der Waals surface area (Å²) in [5, 5.41) is 1.22. The molecule has 1 aliphatic heterocycles. The van der Waals surface area contributed by atoms with Gasteiger partial charge in [-0.15, -0.1) is 11.3 Å². The minimum absolute atomic E-state index is 0.404. The lowest BCUT2D eigenvalue weighted by molar-refractivity contribution is 0.205. The van der Waals surface area contributed by atoms with E-state index in [4.69, 9.17) is 5.73 Å². The number of nitrogens with two attached hydrogens (primary N) is 1. The van der Waals surface area contributed by atoms with Crippen LogP contribution in [0.3, 0.4) is 0 Å². The van der Waals surface area contributed by atoms with Gasteiger partial charge in [0.15, 0.2) is 0 Å². The predicted molar refractivity (Wildman–Crippen MR) is 72.1 cm³/mol. The number of thiazole rings is 1. The first-order chi connectivity index (χ1) is 8.31. The molecule has 90 valence electrons. The summed E-state index contributed by atoms with van der Waals surface area (Å²) < 4.78 is 1.29. The highest BCUT2D eigenvalue weighted by molar-refractivity contribution is 7.18. The number of aromatic nitrogens is 1. The number of nitrogens with zero attached hydrogens (tertiary/aromatic N) is 2. The van der Waals surface area contributed by atoms with E-state index in [0.29, 0.717) is 6.04 Å². The Balaban J connectivity index is 1.72. The third-order valence-corrected chi connectivity index (χ3v) is 4.35. The Morgan fingerprint density at radius 1 is 1.29 bits per heavy atom. The van der Waals surface area contributed by atoms with E-state index in [2.05, 4.69) is 28.1 Å². The van der Waals surface area contributed by atoms with E-state index in [1.165, 1.54) is 9.71 Å². The maximum Gasteiger partial charge on any atom is 0.108 e. The molecular formula is C13H17N3S. The molecule has 2 aromatic rings. The molecule has 4 heteroatoms. The van der Waals surface area contributed by atoms with Gasteiger partial charge in [0.1, 0.15) is 5.01 Å². The number of piperidine rings is 1. The first kappa shape index (κ1) is 11.1. The van der Waals surface area contributed by atoms with Crippen molar-refractivity contribution >= 4 is 21.6 Å². The van der Waals surface area contributed by atoms with Crippen LogP contribution in [0.1, 0.15) is 17.8 Å². The van der Waals surface area contributed by atoms with Crippen molar-refractivity contribution < 1.29 is 0 Å². The van der Waals surface area contributed by atoms with Crippen LogP contribution in [0.15, 0.2) is 24.3 Å². The van der Waals surface area contributed by atoms with Crippen LogP contribution in [-0.4, -0.2) is 29.0 Å². The Bertz CT molecular complexity index is 467. The maximum atomic E-state index is 5.91. The lowest BCUT2D eigenvalue weighted by Gasteiger charge is -2.29. The van der Waals surface area contributed by atoms with Crippen LogP contribution in [0.2, 0.25) is 0 Å². The van der Waals surface area contributed by atoms with Crippen LogP contribution in [0, 0.1) is 0 Å². The zero-order valence-electron chi connectivity index (χ0n) is 9.80. The third-order valence-electron chi connectivity index (χ3n) is 3.33. The molecule has 3 rings (SSSR count). The van der Waals surface area contributed by atoms with Crippen molar-refractivity contribution in [2.24, 2.45) is 5.73 Å². The van der Waals surface area contributed by atoms with Gasteiger partial charge in [-0.05, 0) is 25.0 Å². The summed E-state index contributed by atoms with van der Waals surface area (Å²) >= 11 is 1.81. The normalized spacial score (nSPS) is 18.9. The molecule has 2 N–H and O–H groups in total. The second-order valence-electron chi connectivity index (χ2n) is 4.69. The molecule has 1 saturated heterocycles. The minimum atomic E-state index is 0.404. The van der Waals surface area contributed by atoms with Crippen molar-refractivity contribution in [1.29, 1.82) is 0 Å². The number of benzene rings is 1. The highest BCUT2D eigenvalue weighted by atomic mass is 32.1. The quantitative estimate of drug-likeness (QED) is 0.885. The highest BCUT2D eigenvalue weighted by Crippen LogP contribution is 2.23. The monoisotopic (exact) mass is 247 g/mol. The predicted octanol–water partition coefficient (Wildman–Crippen LogP) is 2.22. The minimum Gasteiger partial charge on any atom is -0.328 e. The molecule has 0 bridgehead atoms. The maximum absolute atomic E-state index is 5.91. The van der Waals surface area contributed by atoms with Crippen LogP contribution in [0.25, 0.3) is 10.2 Å². The molecule has 0 unspecified atom stereocenters. The van der Waals surface area contributed by atoms with Gasteiger partial charge in [-0.1, -0.05) is 12.1 Å². The Kier molecular flexibility index (Phi) is 3.09. The van der Waals surface area contributed by atoms with Crippen molar-refractivity contribution in [3.63, 3.8) is 0 Å². The van der Waals surface area contributed by atoms with Gasteiger partial charge in [-0.25, -0.2) is 4.98 Å². The van der Waals surface area contributed by atoms with E-state index in [1.807, 2.05) is 17.4 Å². The number of rotatable bonds is 2. The van der Waals surface area contributed by atoms with Gasteiger partial charge >= 0.3 is 0 Å². The summed E-state index contributed by atoms with van der Waals surface area (Å²) in [4.78, 5) is 7.13.